The third kappa shape index (κ3) is 4.73. The number of benzene rings is 1. The molecule has 8 heteroatoms. The number of aliphatic imine (C=N–C) groups is 1. The molecule has 192 valence electrons. The van der Waals surface area contributed by atoms with Crippen LogP contribution in [0.3, 0.4) is 0 Å². The van der Waals surface area contributed by atoms with Crippen LogP contribution in [0, 0.1) is 6.92 Å². The quantitative estimate of drug-likeness (QED) is 0.514. The predicted octanol–water partition coefficient (Wildman–Crippen LogP) is 4.58. The average molecular weight is 497 g/mol. The maximum absolute atomic E-state index is 5.05. The number of rotatable bonds is 1. The molecular formula is C29H36N8. The van der Waals surface area contributed by atoms with E-state index in [0.29, 0.717) is 0 Å². The second-order valence-electron chi connectivity index (χ2n) is 10.3. The summed E-state index contributed by atoms with van der Waals surface area (Å²) in [7, 11) is 2.03. The van der Waals surface area contributed by atoms with E-state index in [0.717, 1.165) is 91.8 Å². The SMILES string of the molecule is C=C1/N=C2\Nc3ccc(N4CCNCC4)cc3N2CCCCCCc2c(cnn2C)-c2cc1cc(C)n2. The Kier molecular flexibility index (Phi) is 6.42. The van der Waals surface area contributed by atoms with E-state index in [1.165, 1.54) is 29.9 Å². The van der Waals surface area contributed by atoms with Crippen molar-refractivity contribution in [3.05, 3.63) is 60.1 Å². The van der Waals surface area contributed by atoms with Crippen LogP contribution in [0.4, 0.5) is 17.1 Å². The van der Waals surface area contributed by atoms with Crippen molar-refractivity contribution in [1.29, 1.82) is 0 Å². The summed E-state index contributed by atoms with van der Waals surface area (Å²) in [6.45, 7) is 11.5. The fraction of sp³-hybridized carbons (Fsp3) is 0.414. The van der Waals surface area contributed by atoms with Crippen molar-refractivity contribution in [2.24, 2.45) is 12.0 Å². The number of hydrogen-bond acceptors (Lipinski definition) is 7. The van der Waals surface area contributed by atoms with Gasteiger partial charge in [0.2, 0.25) is 5.96 Å². The molecule has 2 bridgehead atoms. The lowest BCUT2D eigenvalue weighted by Crippen LogP contribution is -2.43. The van der Waals surface area contributed by atoms with E-state index < -0.39 is 0 Å². The van der Waals surface area contributed by atoms with Crippen molar-refractivity contribution in [2.75, 3.05) is 47.8 Å². The zero-order valence-corrected chi connectivity index (χ0v) is 21.9. The standard InChI is InChI=1S/C29H36N8/c1-20-16-22-17-26(32-20)24-19-31-35(3)27(24)8-6-4-5-7-13-37-28-18-23(36-14-11-30-12-15-36)9-10-25(28)34-29(37)33-21(22)2/h9-10,16-19,30H,2,4-8,11-15H2,1,3H3,(H,33,34). The molecule has 3 aliphatic heterocycles. The summed E-state index contributed by atoms with van der Waals surface area (Å²) in [6, 6.07) is 10.9. The molecule has 1 aromatic carbocycles. The molecule has 2 aromatic heterocycles. The maximum Gasteiger partial charge on any atom is 0.208 e. The van der Waals surface area contributed by atoms with Gasteiger partial charge >= 0.3 is 0 Å². The highest BCUT2D eigenvalue weighted by molar-refractivity contribution is 6.16. The van der Waals surface area contributed by atoms with Gasteiger partial charge in [0.1, 0.15) is 0 Å². The summed E-state index contributed by atoms with van der Waals surface area (Å²) < 4.78 is 2.00. The Hall–Kier alpha value is -3.65. The molecule has 0 saturated carbocycles. The van der Waals surface area contributed by atoms with Gasteiger partial charge in [-0.15, -0.1) is 0 Å². The first-order valence-corrected chi connectivity index (χ1v) is 13.5. The van der Waals surface area contributed by atoms with Crippen LogP contribution in [-0.4, -0.2) is 53.4 Å². The number of piperazine rings is 1. The van der Waals surface area contributed by atoms with E-state index in [2.05, 4.69) is 62.4 Å². The van der Waals surface area contributed by atoms with Gasteiger partial charge in [-0.2, -0.15) is 5.10 Å². The zero-order chi connectivity index (χ0) is 25.4. The van der Waals surface area contributed by atoms with Crippen molar-refractivity contribution >= 4 is 28.7 Å². The Morgan fingerprint density at radius 1 is 0.973 bits per heavy atom. The third-order valence-electron chi connectivity index (χ3n) is 7.67. The molecule has 3 aromatic rings. The lowest BCUT2D eigenvalue weighted by molar-refractivity contribution is 0.589. The van der Waals surface area contributed by atoms with Crippen LogP contribution < -0.4 is 20.4 Å². The van der Waals surface area contributed by atoms with E-state index in [9.17, 15) is 0 Å². The van der Waals surface area contributed by atoms with Crippen molar-refractivity contribution in [1.82, 2.24) is 20.1 Å². The van der Waals surface area contributed by atoms with E-state index in [1.807, 2.05) is 24.9 Å². The van der Waals surface area contributed by atoms with Crippen molar-refractivity contribution in [2.45, 2.75) is 39.0 Å². The minimum atomic E-state index is 0.731. The molecule has 0 amide bonds. The number of aryl methyl sites for hydroxylation is 2. The summed E-state index contributed by atoms with van der Waals surface area (Å²) in [5.74, 6) is 0.852. The Morgan fingerprint density at radius 2 is 1.81 bits per heavy atom. The van der Waals surface area contributed by atoms with Crippen LogP contribution in [0.15, 0.2) is 48.1 Å². The molecule has 0 radical (unpaired) electrons. The highest BCUT2D eigenvalue weighted by atomic mass is 15.4. The summed E-state index contributed by atoms with van der Waals surface area (Å²) in [5.41, 5.74) is 9.55. The zero-order valence-electron chi connectivity index (χ0n) is 21.9. The molecule has 8 nitrogen and oxygen atoms in total. The average Bonchev–Trinajstić information content (AvgIpc) is 3.44. The maximum atomic E-state index is 5.05. The molecule has 1 fully saturated rings. The first-order valence-electron chi connectivity index (χ1n) is 13.5. The van der Waals surface area contributed by atoms with Gasteiger partial charge in [-0.3, -0.25) is 9.67 Å². The molecule has 0 unspecified atom stereocenters. The lowest BCUT2D eigenvalue weighted by Gasteiger charge is -2.30. The highest BCUT2D eigenvalue weighted by Gasteiger charge is 2.27. The van der Waals surface area contributed by atoms with Gasteiger partial charge in [0.05, 0.1) is 29.0 Å². The monoisotopic (exact) mass is 496 g/mol. The molecule has 3 aliphatic rings. The number of aromatic nitrogens is 3. The summed E-state index contributed by atoms with van der Waals surface area (Å²) in [5, 5.41) is 11.6. The minimum absolute atomic E-state index is 0.731. The van der Waals surface area contributed by atoms with Gasteiger partial charge in [0.15, 0.2) is 0 Å². The van der Waals surface area contributed by atoms with Crippen LogP contribution in [-0.2, 0) is 13.5 Å². The summed E-state index contributed by atoms with van der Waals surface area (Å²) >= 11 is 0. The van der Waals surface area contributed by atoms with Crippen LogP contribution >= 0.6 is 0 Å². The second kappa shape index (κ2) is 10.0. The number of anilines is 3. The number of guanidine groups is 1. The Labute approximate surface area is 219 Å². The molecule has 0 atom stereocenters. The van der Waals surface area contributed by atoms with Gasteiger partial charge in [-0.1, -0.05) is 19.4 Å². The second-order valence-corrected chi connectivity index (χ2v) is 10.3. The van der Waals surface area contributed by atoms with E-state index in [4.69, 9.17) is 9.98 Å². The molecule has 1 saturated heterocycles. The van der Waals surface area contributed by atoms with Crippen molar-refractivity contribution < 1.29 is 0 Å². The van der Waals surface area contributed by atoms with Crippen LogP contribution in [0.25, 0.3) is 17.0 Å². The number of hydrogen-bond donors (Lipinski definition) is 2. The van der Waals surface area contributed by atoms with Gasteiger partial charge in [-0.25, -0.2) is 4.99 Å². The van der Waals surface area contributed by atoms with E-state index >= 15 is 0 Å². The Balaban J connectivity index is 1.37. The molecule has 6 rings (SSSR count). The summed E-state index contributed by atoms with van der Waals surface area (Å²) in [6.07, 6.45) is 7.56. The summed E-state index contributed by atoms with van der Waals surface area (Å²) in [4.78, 5) is 14.7. The lowest BCUT2D eigenvalue weighted by atomic mass is 10.0. The fourth-order valence-electron chi connectivity index (χ4n) is 5.64. The number of nitrogens with zero attached hydrogens (tertiary/aromatic N) is 6. The highest BCUT2D eigenvalue weighted by Crippen LogP contribution is 2.37. The van der Waals surface area contributed by atoms with E-state index in [-0.39, 0.29) is 0 Å². The third-order valence-corrected chi connectivity index (χ3v) is 7.67. The molecule has 0 aliphatic carbocycles. The number of nitrogens with one attached hydrogen (secondary N) is 2. The molecule has 5 heterocycles. The Morgan fingerprint density at radius 3 is 2.68 bits per heavy atom. The predicted molar refractivity (Wildman–Crippen MR) is 152 cm³/mol. The van der Waals surface area contributed by atoms with Gasteiger partial charge in [-0.05, 0) is 56.5 Å². The first-order chi connectivity index (χ1) is 18.1. The van der Waals surface area contributed by atoms with Crippen molar-refractivity contribution in [3.8, 4) is 11.3 Å². The van der Waals surface area contributed by atoms with Crippen LogP contribution in [0.1, 0.15) is 42.6 Å². The van der Waals surface area contributed by atoms with E-state index in [1.54, 1.807) is 0 Å². The van der Waals surface area contributed by atoms with Crippen molar-refractivity contribution in [3.63, 3.8) is 0 Å². The number of fused-ring (bicyclic) bond motifs is 7. The van der Waals surface area contributed by atoms with Gasteiger partial charge in [0, 0.05) is 68.0 Å². The van der Waals surface area contributed by atoms with Crippen LogP contribution in [0.2, 0.25) is 0 Å². The molecule has 0 spiro atoms. The van der Waals surface area contributed by atoms with Gasteiger partial charge < -0.3 is 20.4 Å². The van der Waals surface area contributed by atoms with Crippen LogP contribution in [0.5, 0.6) is 0 Å². The first kappa shape index (κ1) is 23.7. The molecular weight excluding hydrogens is 460 g/mol. The molecule has 37 heavy (non-hydrogen) atoms. The topological polar surface area (TPSA) is 73.6 Å². The smallest absolute Gasteiger partial charge is 0.208 e. The normalized spacial score (nSPS) is 19.6. The number of pyridine rings is 1. The Bertz CT molecular complexity index is 1350. The fourth-order valence-corrected chi connectivity index (χ4v) is 5.64. The molecule has 2 N–H and O–H groups in total. The largest absolute Gasteiger partial charge is 0.369 e. The van der Waals surface area contributed by atoms with Gasteiger partial charge in [0.25, 0.3) is 0 Å². The minimum Gasteiger partial charge on any atom is -0.369 e.